The average Bonchev–Trinajstić information content (AvgIpc) is 3.52. The number of methoxy groups -OCH3 is 1. The number of ether oxygens (including phenoxy) is 1. The van der Waals surface area contributed by atoms with Gasteiger partial charge in [0.2, 0.25) is 0 Å². The van der Waals surface area contributed by atoms with E-state index in [2.05, 4.69) is 15.0 Å². The third-order valence-electron chi connectivity index (χ3n) is 5.71. The molecule has 3 aromatic rings. The molecule has 1 aromatic carbocycles. The summed E-state index contributed by atoms with van der Waals surface area (Å²) < 4.78 is 9.01. The number of nitrogens with two attached hydrogens (primary N) is 1. The molecular formula is C24H29ClN8O3. The van der Waals surface area contributed by atoms with Crippen LogP contribution in [0.2, 0.25) is 5.02 Å². The quantitative estimate of drug-likeness (QED) is 0.500. The average molecular weight is 513 g/mol. The van der Waals surface area contributed by atoms with Gasteiger partial charge >= 0.3 is 6.03 Å². The van der Waals surface area contributed by atoms with Gasteiger partial charge < -0.3 is 20.5 Å². The lowest BCUT2D eigenvalue weighted by Crippen LogP contribution is -2.43. The fourth-order valence-corrected chi connectivity index (χ4v) is 3.98. The summed E-state index contributed by atoms with van der Waals surface area (Å²) in [5, 5.41) is 20.1. The van der Waals surface area contributed by atoms with Crippen molar-refractivity contribution >= 4 is 24.0 Å². The first-order valence-corrected chi connectivity index (χ1v) is 11.9. The molecule has 4 heterocycles. The minimum absolute atomic E-state index is 0.410. The molecule has 1 atom stereocenters. The Morgan fingerprint density at radius 1 is 1.31 bits per heavy atom. The van der Waals surface area contributed by atoms with E-state index in [1.165, 1.54) is 17.7 Å². The number of carbonyl (C=O) groups is 1. The molecule has 0 saturated carbocycles. The summed E-state index contributed by atoms with van der Waals surface area (Å²) in [4.78, 5) is 17.6. The number of hydrogen-bond donors (Lipinski definition) is 2. The molecule has 0 unspecified atom stereocenters. The van der Waals surface area contributed by atoms with Crippen LogP contribution in [0.3, 0.4) is 0 Å². The third kappa shape index (κ3) is 6.30. The van der Waals surface area contributed by atoms with E-state index in [4.69, 9.17) is 27.2 Å². The highest BCUT2D eigenvalue weighted by Gasteiger charge is 2.21. The van der Waals surface area contributed by atoms with Gasteiger partial charge in [-0.25, -0.2) is 14.5 Å². The second kappa shape index (κ2) is 11.8. The van der Waals surface area contributed by atoms with Crippen molar-refractivity contribution in [1.29, 1.82) is 0 Å². The predicted molar refractivity (Wildman–Crippen MR) is 137 cm³/mol. The van der Waals surface area contributed by atoms with E-state index >= 15 is 0 Å². The number of aliphatic imine (C=N–C) groups is 1. The number of halogens is 1. The minimum Gasteiger partial charge on any atom is -0.496 e. The molecule has 12 heteroatoms. The number of β-amino-alcohol motifs (C(OH)–C–C–N with tert-alkyl or cyclic N) is 1. The zero-order valence-electron chi connectivity index (χ0n) is 19.9. The van der Waals surface area contributed by atoms with Crippen LogP contribution in [0.4, 0.5) is 4.79 Å². The van der Waals surface area contributed by atoms with Gasteiger partial charge in [-0.1, -0.05) is 11.6 Å². The molecule has 190 valence electrons. The monoisotopic (exact) mass is 512 g/mol. The van der Waals surface area contributed by atoms with Gasteiger partial charge in [0.05, 0.1) is 32.3 Å². The van der Waals surface area contributed by atoms with Crippen molar-refractivity contribution in [2.75, 3.05) is 33.3 Å². The van der Waals surface area contributed by atoms with E-state index in [1.807, 2.05) is 30.6 Å². The molecule has 0 spiro atoms. The molecule has 5 rings (SSSR count). The highest BCUT2D eigenvalue weighted by Crippen LogP contribution is 2.35. The zero-order valence-corrected chi connectivity index (χ0v) is 20.7. The number of nitrogens with zero attached hydrogens (tertiary/aromatic N) is 7. The summed E-state index contributed by atoms with van der Waals surface area (Å²) in [5.74, 6) is 0.680. The largest absolute Gasteiger partial charge is 0.496 e. The summed E-state index contributed by atoms with van der Waals surface area (Å²) in [5.41, 5.74) is 7.22. The number of primary amides is 1. The standard InChI is InChI=1S/C19H22ClN5O2.C5H7N3O/c1-27-18-5-4-14(20)10-16(18)19-17(25-9-2-6-21-25)13-24(22-19)12-15(26)11-23-7-3-8-23;6-5(9)8-3-1-2-7-4-8/h2,4-6,9-10,13,15,26H,3,7-8,11-12H2,1H3;1-2,4H,3H2,(H2,6,9)/t15-;/m0./s1. The lowest BCUT2D eigenvalue weighted by Gasteiger charge is -2.32. The van der Waals surface area contributed by atoms with Crippen LogP contribution in [0.1, 0.15) is 6.42 Å². The number of rotatable bonds is 7. The van der Waals surface area contributed by atoms with Crippen molar-refractivity contribution in [2.45, 2.75) is 19.1 Å². The number of benzene rings is 1. The Balaban J connectivity index is 0.000000286. The smallest absolute Gasteiger partial charge is 0.320 e. The van der Waals surface area contributed by atoms with Gasteiger partial charge in [0.25, 0.3) is 0 Å². The topological polar surface area (TPSA) is 127 Å². The molecule has 2 aliphatic rings. The summed E-state index contributed by atoms with van der Waals surface area (Å²) in [6.07, 6.45) is 11.0. The van der Waals surface area contributed by atoms with Crippen molar-refractivity contribution in [3.8, 4) is 22.7 Å². The maximum absolute atomic E-state index is 10.4. The fourth-order valence-electron chi connectivity index (χ4n) is 3.81. The van der Waals surface area contributed by atoms with Crippen molar-refractivity contribution in [1.82, 2.24) is 29.4 Å². The Morgan fingerprint density at radius 2 is 2.14 bits per heavy atom. The van der Waals surface area contributed by atoms with Crippen LogP contribution in [-0.4, -0.2) is 86.2 Å². The van der Waals surface area contributed by atoms with Gasteiger partial charge in [-0.15, -0.1) is 0 Å². The molecular weight excluding hydrogens is 484 g/mol. The van der Waals surface area contributed by atoms with Gasteiger partial charge in [-0.05, 0) is 49.9 Å². The van der Waals surface area contributed by atoms with Crippen LogP contribution in [-0.2, 0) is 6.54 Å². The van der Waals surface area contributed by atoms with Crippen LogP contribution in [0.15, 0.2) is 60.1 Å². The molecule has 0 radical (unpaired) electrons. The molecule has 0 aliphatic carbocycles. The number of hydrogen-bond acceptors (Lipinski definition) is 7. The van der Waals surface area contributed by atoms with Crippen LogP contribution >= 0.6 is 11.6 Å². The molecule has 0 bridgehead atoms. The Labute approximate surface area is 214 Å². The Hall–Kier alpha value is -3.67. The second-order valence-corrected chi connectivity index (χ2v) is 8.76. The summed E-state index contributed by atoms with van der Waals surface area (Å²) in [6, 6.07) is 6.82. The van der Waals surface area contributed by atoms with E-state index in [1.54, 1.807) is 41.0 Å². The molecule has 2 amide bonds. The molecule has 3 N–H and O–H groups in total. The molecule has 2 aromatic heterocycles. The number of likely N-dealkylation sites (tertiary alicyclic amines) is 1. The second-order valence-electron chi connectivity index (χ2n) is 8.33. The highest BCUT2D eigenvalue weighted by atomic mass is 35.5. The van der Waals surface area contributed by atoms with Crippen molar-refractivity contribution in [3.63, 3.8) is 0 Å². The molecule has 1 saturated heterocycles. The van der Waals surface area contributed by atoms with Gasteiger partial charge in [0, 0.05) is 42.3 Å². The van der Waals surface area contributed by atoms with Crippen LogP contribution in [0, 0.1) is 0 Å². The number of aliphatic hydroxyl groups is 1. The maximum atomic E-state index is 10.4. The van der Waals surface area contributed by atoms with Crippen LogP contribution < -0.4 is 10.5 Å². The summed E-state index contributed by atoms with van der Waals surface area (Å²) in [6.45, 7) is 3.71. The van der Waals surface area contributed by atoms with E-state index in [-0.39, 0.29) is 0 Å². The highest BCUT2D eigenvalue weighted by molar-refractivity contribution is 6.31. The van der Waals surface area contributed by atoms with Gasteiger partial charge in [-0.3, -0.25) is 9.58 Å². The first-order valence-electron chi connectivity index (χ1n) is 11.5. The molecule has 11 nitrogen and oxygen atoms in total. The number of carbonyl (C=O) groups excluding carboxylic acids is 1. The van der Waals surface area contributed by atoms with Gasteiger partial charge in [0.1, 0.15) is 17.1 Å². The molecule has 36 heavy (non-hydrogen) atoms. The van der Waals surface area contributed by atoms with E-state index < -0.39 is 12.1 Å². The van der Waals surface area contributed by atoms with Crippen molar-refractivity contribution in [3.05, 3.63) is 60.2 Å². The number of aliphatic hydroxyl groups excluding tert-OH is 1. The number of amides is 2. The Bertz CT molecular complexity index is 1220. The Kier molecular flexibility index (Phi) is 8.36. The first-order chi connectivity index (χ1) is 17.4. The van der Waals surface area contributed by atoms with Gasteiger partial charge in [0.15, 0.2) is 0 Å². The lowest BCUT2D eigenvalue weighted by atomic mass is 10.1. The van der Waals surface area contributed by atoms with Gasteiger partial charge in [-0.2, -0.15) is 10.2 Å². The van der Waals surface area contributed by atoms with Crippen LogP contribution in [0.25, 0.3) is 16.9 Å². The molecule has 2 aliphatic heterocycles. The normalized spacial score (nSPS) is 15.7. The zero-order chi connectivity index (χ0) is 25.5. The fraction of sp³-hybridized carbons (Fsp3) is 0.333. The third-order valence-corrected chi connectivity index (χ3v) is 5.94. The maximum Gasteiger partial charge on any atom is 0.320 e. The van der Waals surface area contributed by atoms with Crippen LogP contribution in [0.5, 0.6) is 5.75 Å². The van der Waals surface area contributed by atoms with E-state index in [0.29, 0.717) is 36.1 Å². The Morgan fingerprint density at radius 3 is 2.72 bits per heavy atom. The SMILES string of the molecule is COc1ccc(Cl)cc1-c1nn(C[C@@H](O)CN2CCC2)cc1-n1cccn1.NC(=O)N1C=NC=CC1. The summed E-state index contributed by atoms with van der Waals surface area (Å²) >= 11 is 6.21. The summed E-state index contributed by atoms with van der Waals surface area (Å²) in [7, 11) is 1.62. The lowest BCUT2D eigenvalue weighted by molar-refractivity contribution is 0.0662. The first kappa shape index (κ1) is 25.4. The number of aromatic nitrogens is 4. The number of urea groups is 1. The van der Waals surface area contributed by atoms with Crippen molar-refractivity contribution < 1.29 is 14.6 Å². The molecule has 1 fully saturated rings. The predicted octanol–water partition coefficient (Wildman–Crippen LogP) is 2.39. The van der Waals surface area contributed by atoms with Crippen molar-refractivity contribution in [2.24, 2.45) is 10.7 Å². The van der Waals surface area contributed by atoms with E-state index in [0.717, 1.165) is 24.3 Å². The van der Waals surface area contributed by atoms with E-state index in [9.17, 15) is 9.90 Å². The minimum atomic E-state index is -0.482.